The van der Waals surface area contributed by atoms with Crippen LogP contribution in [0.25, 0.3) is 11.0 Å². The molecule has 2 nitrogen and oxygen atoms in total. The molecular formula is C17H25NO. The summed E-state index contributed by atoms with van der Waals surface area (Å²) >= 11 is 0. The largest absolute Gasteiger partial charge is 0.459 e. The van der Waals surface area contributed by atoms with Crippen LogP contribution >= 0.6 is 0 Å². The lowest BCUT2D eigenvalue weighted by Gasteiger charge is -2.19. The SMILES string of the molecule is CCNCc1oc2cc(C)c(C)cc2c1C(C)(C)C. The molecule has 1 heterocycles. The highest BCUT2D eigenvalue weighted by Gasteiger charge is 2.25. The molecule has 0 aliphatic rings. The molecule has 2 rings (SSSR count). The Bertz CT molecular complexity index is 587. The highest BCUT2D eigenvalue weighted by Crippen LogP contribution is 2.36. The lowest BCUT2D eigenvalue weighted by molar-refractivity contribution is 0.487. The van der Waals surface area contributed by atoms with E-state index in [1.165, 1.54) is 22.1 Å². The van der Waals surface area contributed by atoms with Crippen LogP contribution in [0.3, 0.4) is 0 Å². The van der Waals surface area contributed by atoms with Crippen LogP contribution in [0.15, 0.2) is 16.5 Å². The van der Waals surface area contributed by atoms with Gasteiger partial charge in [0.15, 0.2) is 0 Å². The van der Waals surface area contributed by atoms with Gasteiger partial charge in [0, 0.05) is 10.9 Å². The normalized spacial score (nSPS) is 12.3. The van der Waals surface area contributed by atoms with Crippen LogP contribution in [0, 0.1) is 13.8 Å². The van der Waals surface area contributed by atoms with Gasteiger partial charge in [-0.05, 0) is 49.1 Å². The molecule has 0 atom stereocenters. The van der Waals surface area contributed by atoms with Crippen molar-refractivity contribution in [1.29, 1.82) is 0 Å². The molecular weight excluding hydrogens is 234 g/mol. The molecule has 0 saturated carbocycles. The van der Waals surface area contributed by atoms with Crippen molar-refractivity contribution in [2.75, 3.05) is 6.54 Å². The fourth-order valence-corrected chi connectivity index (χ4v) is 2.59. The van der Waals surface area contributed by atoms with Gasteiger partial charge in [0.2, 0.25) is 0 Å². The molecule has 0 bridgehead atoms. The maximum absolute atomic E-state index is 6.10. The quantitative estimate of drug-likeness (QED) is 0.880. The van der Waals surface area contributed by atoms with E-state index in [0.29, 0.717) is 0 Å². The minimum Gasteiger partial charge on any atom is -0.459 e. The van der Waals surface area contributed by atoms with Gasteiger partial charge in [0.25, 0.3) is 0 Å². The first-order valence-corrected chi connectivity index (χ1v) is 7.08. The lowest BCUT2D eigenvalue weighted by atomic mass is 9.84. The number of fused-ring (bicyclic) bond motifs is 1. The van der Waals surface area contributed by atoms with E-state index >= 15 is 0 Å². The zero-order chi connectivity index (χ0) is 14.2. The maximum atomic E-state index is 6.10. The number of hydrogen-bond acceptors (Lipinski definition) is 2. The Hall–Kier alpha value is -1.28. The van der Waals surface area contributed by atoms with Crippen LogP contribution in [-0.2, 0) is 12.0 Å². The van der Waals surface area contributed by atoms with Crippen molar-refractivity contribution in [2.45, 2.75) is 53.5 Å². The highest BCUT2D eigenvalue weighted by atomic mass is 16.3. The molecule has 0 aliphatic carbocycles. The molecule has 19 heavy (non-hydrogen) atoms. The van der Waals surface area contributed by atoms with Crippen LogP contribution in [0.4, 0.5) is 0 Å². The van der Waals surface area contributed by atoms with E-state index in [0.717, 1.165) is 24.4 Å². The monoisotopic (exact) mass is 259 g/mol. The summed E-state index contributed by atoms with van der Waals surface area (Å²) in [5.74, 6) is 1.08. The predicted octanol–water partition coefficient (Wildman–Crippen LogP) is 4.46. The maximum Gasteiger partial charge on any atom is 0.134 e. The predicted molar refractivity (Wildman–Crippen MR) is 81.8 cm³/mol. The molecule has 0 spiro atoms. The molecule has 0 unspecified atom stereocenters. The van der Waals surface area contributed by atoms with Gasteiger partial charge in [-0.15, -0.1) is 0 Å². The van der Waals surface area contributed by atoms with Gasteiger partial charge < -0.3 is 9.73 Å². The zero-order valence-corrected chi connectivity index (χ0v) is 13.0. The summed E-state index contributed by atoms with van der Waals surface area (Å²) in [5.41, 5.74) is 5.07. The van der Waals surface area contributed by atoms with Crippen molar-refractivity contribution in [3.8, 4) is 0 Å². The van der Waals surface area contributed by atoms with E-state index in [1.807, 2.05) is 0 Å². The average Bonchev–Trinajstić information content (AvgIpc) is 2.64. The molecule has 1 aromatic carbocycles. The van der Waals surface area contributed by atoms with E-state index in [4.69, 9.17) is 4.42 Å². The summed E-state index contributed by atoms with van der Waals surface area (Å²) in [6, 6.07) is 4.43. The molecule has 0 fully saturated rings. The fourth-order valence-electron chi connectivity index (χ4n) is 2.59. The Morgan fingerprint density at radius 3 is 2.32 bits per heavy atom. The first-order chi connectivity index (χ1) is 8.84. The second-order valence-electron chi connectivity index (χ2n) is 6.36. The molecule has 0 amide bonds. The number of aryl methyl sites for hydroxylation is 2. The molecule has 1 N–H and O–H groups in total. The Balaban J connectivity index is 2.67. The Morgan fingerprint density at radius 1 is 1.11 bits per heavy atom. The summed E-state index contributed by atoms with van der Waals surface area (Å²) < 4.78 is 6.10. The molecule has 2 heteroatoms. The topological polar surface area (TPSA) is 25.2 Å². The van der Waals surface area contributed by atoms with Crippen molar-refractivity contribution in [3.63, 3.8) is 0 Å². The van der Waals surface area contributed by atoms with E-state index in [9.17, 15) is 0 Å². The molecule has 1 aromatic heterocycles. The highest BCUT2D eigenvalue weighted by molar-refractivity contribution is 5.85. The zero-order valence-electron chi connectivity index (χ0n) is 13.0. The molecule has 0 saturated heterocycles. The third kappa shape index (κ3) is 2.69. The Morgan fingerprint density at radius 2 is 1.74 bits per heavy atom. The second kappa shape index (κ2) is 5.01. The first kappa shape index (κ1) is 14.1. The van der Waals surface area contributed by atoms with Crippen LogP contribution in [0.1, 0.15) is 50.1 Å². The van der Waals surface area contributed by atoms with Crippen LogP contribution in [0.5, 0.6) is 0 Å². The number of rotatable bonds is 3. The second-order valence-corrected chi connectivity index (χ2v) is 6.36. The van der Waals surface area contributed by atoms with Gasteiger partial charge in [-0.25, -0.2) is 0 Å². The van der Waals surface area contributed by atoms with Gasteiger partial charge in [0.05, 0.1) is 6.54 Å². The molecule has 0 radical (unpaired) electrons. The average molecular weight is 259 g/mol. The van der Waals surface area contributed by atoms with Gasteiger partial charge >= 0.3 is 0 Å². The van der Waals surface area contributed by atoms with Crippen LogP contribution < -0.4 is 5.32 Å². The Kier molecular flexibility index (Phi) is 3.73. The lowest BCUT2D eigenvalue weighted by Crippen LogP contribution is -2.18. The number of nitrogens with one attached hydrogen (secondary N) is 1. The molecule has 2 aromatic rings. The van der Waals surface area contributed by atoms with Crippen LogP contribution in [-0.4, -0.2) is 6.54 Å². The first-order valence-electron chi connectivity index (χ1n) is 7.08. The molecule has 0 aliphatic heterocycles. The number of furan rings is 1. The van der Waals surface area contributed by atoms with E-state index in [1.54, 1.807) is 0 Å². The van der Waals surface area contributed by atoms with E-state index in [-0.39, 0.29) is 5.41 Å². The van der Waals surface area contributed by atoms with Crippen molar-refractivity contribution in [1.82, 2.24) is 5.32 Å². The third-order valence-corrected chi connectivity index (χ3v) is 3.66. The van der Waals surface area contributed by atoms with Crippen LogP contribution in [0.2, 0.25) is 0 Å². The smallest absolute Gasteiger partial charge is 0.134 e. The minimum absolute atomic E-state index is 0.0949. The van der Waals surface area contributed by atoms with Crippen molar-refractivity contribution in [3.05, 3.63) is 34.6 Å². The van der Waals surface area contributed by atoms with Crippen molar-refractivity contribution < 1.29 is 4.42 Å². The number of benzene rings is 1. The van der Waals surface area contributed by atoms with Gasteiger partial charge in [-0.1, -0.05) is 27.7 Å². The van der Waals surface area contributed by atoms with Crippen molar-refractivity contribution in [2.24, 2.45) is 0 Å². The van der Waals surface area contributed by atoms with E-state index < -0.39 is 0 Å². The summed E-state index contributed by atoms with van der Waals surface area (Å²) in [6.07, 6.45) is 0. The van der Waals surface area contributed by atoms with E-state index in [2.05, 4.69) is 59.0 Å². The Labute approximate surface area is 116 Å². The van der Waals surface area contributed by atoms with Gasteiger partial charge in [-0.2, -0.15) is 0 Å². The van der Waals surface area contributed by atoms with Gasteiger partial charge in [-0.3, -0.25) is 0 Å². The van der Waals surface area contributed by atoms with Gasteiger partial charge in [0.1, 0.15) is 11.3 Å². The fraction of sp³-hybridized carbons (Fsp3) is 0.529. The minimum atomic E-state index is 0.0949. The standard InChI is InChI=1S/C17H25NO/c1-7-18-10-15-16(17(4,5)6)13-8-11(2)12(3)9-14(13)19-15/h8-9,18H,7,10H2,1-6H3. The summed E-state index contributed by atoms with van der Waals surface area (Å²) in [6.45, 7) is 14.9. The number of hydrogen-bond donors (Lipinski definition) is 1. The summed E-state index contributed by atoms with van der Waals surface area (Å²) in [4.78, 5) is 0. The van der Waals surface area contributed by atoms with Crippen molar-refractivity contribution >= 4 is 11.0 Å². The third-order valence-electron chi connectivity index (χ3n) is 3.66. The summed E-state index contributed by atoms with van der Waals surface area (Å²) in [7, 11) is 0. The summed E-state index contributed by atoms with van der Waals surface area (Å²) in [5, 5.41) is 4.64. The molecule has 104 valence electrons.